The number of carbonyl (C=O) groups is 2. The van der Waals surface area contributed by atoms with E-state index in [1.54, 1.807) is 4.90 Å². The van der Waals surface area contributed by atoms with Gasteiger partial charge in [0.15, 0.2) is 0 Å². The molecule has 4 N–H and O–H groups in total. The van der Waals surface area contributed by atoms with Crippen molar-refractivity contribution >= 4 is 30.0 Å². The third-order valence-electron chi connectivity index (χ3n) is 5.39. The maximum Gasteiger partial charge on any atom is 0.475 e. The van der Waals surface area contributed by atoms with E-state index in [9.17, 15) is 19.6 Å². The lowest BCUT2D eigenvalue weighted by Crippen LogP contribution is -2.57. The number of carbonyl (C=O) groups excluding carboxylic acids is 2. The number of amides is 3. The number of hydrogen-bond acceptors (Lipinski definition) is 6. The van der Waals surface area contributed by atoms with Gasteiger partial charge in [0, 0.05) is 30.6 Å². The molecule has 0 aliphatic carbocycles. The first-order valence-corrected chi connectivity index (χ1v) is 11.0. The molecule has 1 aliphatic rings. The van der Waals surface area contributed by atoms with Crippen LogP contribution >= 0.6 is 0 Å². The molecule has 1 aliphatic heterocycles. The smallest absolute Gasteiger partial charge is 0.426 e. The van der Waals surface area contributed by atoms with E-state index < -0.39 is 25.0 Å². The van der Waals surface area contributed by atoms with Gasteiger partial charge in [-0.3, -0.25) is 9.78 Å². The molecule has 1 fully saturated rings. The van der Waals surface area contributed by atoms with E-state index in [1.807, 2.05) is 50.2 Å². The predicted molar refractivity (Wildman–Crippen MR) is 122 cm³/mol. The van der Waals surface area contributed by atoms with E-state index in [1.165, 1.54) is 0 Å². The highest BCUT2D eigenvalue weighted by Crippen LogP contribution is 2.14. The van der Waals surface area contributed by atoms with Crippen LogP contribution in [0.1, 0.15) is 26.0 Å². The summed E-state index contributed by atoms with van der Waals surface area (Å²) in [5, 5.41) is 25.9. The van der Waals surface area contributed by atoms with Gasteiger partial charge >= 0.3 is 13.1 Å². The molecule has 2 heterocycles. The second-order valence-corrected chi connectivity index (χ2v) is 8.46. The maximum atomic E-state index is 13.1. The fraction of sp³-hybridized carbons (Fsp3) is 0.500. The first-order valence-electron chi connectivity index (χ1n) is 11.0. The van der Waals surface area contributed by atoms with Crippen LogP contribution < -0.4 is 10.6 Å². The fourth-order valence-electron chi connectivity index (χ4n) is 3.69. The molecule has 3 amide bonds. The quantitative estimate of drug-likeness (QED) is 0.447. The number of hydrogen-bond donors (Lipinski definition) is 4. The van der Waals surface area contributed by atoms with E-state index in [-0.39, 0.29) is 18.4 Å². The van der Waals surface area contributed by atoms with Crippen molar-refractivity contribution in [2.24, 2.45) is 5.92 Å². The summed E-state index contributed by atoms with van der Waals surface area (Å²) >= 11 is 0. The number of aromatic nitrogens is 1. The number of morpholine rings is 1. The minimum atomic E-state index is -1.70. The molecule has 172 valence electrons. The van der Waals surface area contributed by atoms with Crippen molar-refractivity contribution in [1.82, 2.24) is 20.5 Å². The lowest BCUT2D eigenvalue weighted by atomic mass is 9.75. The van der Waals surface area contributed by atoms with Gasteiger partial charge in [-0.2, -0.15) is 0 Å². The molecule has 0 saturated carbocycles. The molecule has 0 bridgehead atoms. The molecule has 1 aromatic heterocycles. The van der Waals surface area contributed by atoms with Gasteiger partial charge in [-0.15, -0.1) is 0 Å². The molecule has 1 saturated heterocycles. The summed E-state index contributed by atoms with van der Waals surface area (Å²) < 4.78 is 5.29. The molecular formula is C22H31BN4O5. The largest absolute Gasteiger partial charge is 0.475 e. The normalized spacial score (nSPS) is 16.0. The molecule has 1 aromatic carbocycles. The number of nitrogens with zero attached hydrogens (tertiary/aromatic N) is 2. The SMILES string of the molecule is CC(C)C[C@H](NC(=O)[C@H](Cc1ccc2ccccc2n1)NC(=O)N1CCOCC1)B(O)O. The molecule has 2 aromatic rings. The number of benzene rings is 1. The molecule has 0 radical (unpaired) electrons. The lowest BCUT2D eigenvalue weighted by Gasteiger charge is -2.30. The summed E-state index contributed by atoms with van der Waals surface area (Å²) in [4.78, 5) is 32.1. The van der Waals surface area contributed by atoms with E-state index in [2.05, 4.69) is 15.6 Å². The van der Waals surface area contributed by atoms with Gasteiger partial charge in [0.05, 0.1) is 24.7 Å². The average molecular weight is 442 g/mol. The first-order chi connectivity index (χ1) is 15.3. The van der Waals surface area contributed by atoms with Gasteiger partial charge in [0.25, 0.3) is 0 Å². The van der Waals surface area contributed by atoms with Crippen LogP contribution in [-0.2, 0) is 16.0 Å². The van der Waals surface area contributed by atoms with Crippen LogP contribution in [0.4, 0.5) is 4.79 Å². The average Bonchev–Trinajstić information content (AvgIpc) is 2.78. The van der Waals surface area contributed by atoms with Crippen LogP contribution in [0.5, 0.6) is 0 Å². The molecule has 0 unspecified atom stereocenters. The minimum absolute atomic E-state index is 0.144. The summed E-state index contributed by atoms with van der Waals surface area (Å²) in [5.74, 6) is -1.18. The molecule has 32 heavy (non-hydrogen) atoms. The number of para-hydroxylation sites is 1. The van der Waals surface area contributed by atoms with Crippen molar-refractivity contribution in [3.63, 3.8) is 0 Å². The van der Waals surface area contributed by atoms with Crippen LogP contribution in [0.15, 0.2) is 36.4 Å². The summed E-state index contributed by atoms with van der Waals surface area (Å²) in [6, 6.07) is 10.1. The van der Waals surface area contributed by atoms with Gasteiger partial charge < -0.3 is 30.3 Å². The highest BCUT2D eigenvalue weighted by molar-refractivity contribution is 6.43. The Balaban J connectivity index is 1.78. The number of nitrogens with one attached hydrogen (secondary N) is 2. The van der Waals surface area contributed by atoms with Crippen molar-refractivity contribution < 1.29 is 24.4 Å². The third-order valence-corrected chi connectivity index (χ3v) is 5.39. The second kappa shape index (κ2) is 11.3. The number of fused-ring (bicyclic) bond motifs is 1. The monoisotopic (exact) mass is 442 g/mol. The minimum Gasteiger partial charge on any atom is -0.426 e. The van der Waals surface area contributed by atoms with Gasteiger partial charge in [-0.05, 0) is 24.5 Å². The Morgan fingerprint density at radius 3 is 2.53 bits per heavy atom. The van der Waals surface area contributed by atoms with Gasteiger partial charge in [0.1, 0.15) is 6.04 Å². The molecular weight excluding hydrogens is 411 g/mol. The Kier molecular flexibility index (Phi) is 8.43. The standard InChI is InChI=1S/C22H31BN4O5/c1-15(2)13-20(23(30)31)26-21(28)19(25-22(29)27-9-11-32-12-10-27)14-17-8-7-16-5-3-4-6-18(16)24-17/h3-8,15,19-20,30-31H,9-14H2,1-2H3,(H,25,29)(H,26,28)/t19-,20-/m0/s1. The highest BCUT2D eigenvalue weighted by Gasteiger charge is 2.31. The van der Waals surface area contributed by atoms with Crippen LogP contribution in [0.3, 0.4) is 0 Å². The van der Waals surface area contributed by atoms with Gasteiger partial charge in [0.2, 0.25) is 5.91 Å². The fourth-order valence-corrected chi connectivity index (χ4v) is 3.69. The number of rotatable bonds is 8. The van der Waals surface area contributed by atoms with Crippen molar-refractivity contribution in [3.05, 3.63) is 42.1 Å². The summed E-state index contributed by atoms with van der Waals surface area (Å²) in [6.07, 6.45) is 0.560. The Labute approximate surface area is 188 Å². The number of ether oxygens (including phenoxy) is 1. The van der Waals surface area contributed by atoms with Gasteiger partial charge in [-0.25, -0.2) is 4.79 Å². The van der Waals surface area contributed by atoms with E-state index >= 15 is 0 Å². The zero-order valence-electron chi connectivity index (χ0n) is 18.5. The third kappa shape index (κ3) is 6.65. The summed E-state index contributed by atoms with van der Waals surface area (Å²) in [6.45, 7) is 5.64. The Bertz CT molecular complexity index is 920. The Hall–Kier alpha value is -2.69. The maximum absolute atomic E-state index is 13.1. The van der Waals surface area contributed by atoms with Crippen molar-refractivity contribution in [2.75, 3.05) is 26.3 Å². The Morgan fingerprint density at radius 2 is 1.84 bits per heavy atom. The van der Waals surface area contributed by atoms with Crippen LogP contribution in [0, 0.1) is 5.92 Å². The van der Waals surface area contributed by atoms with Crippen molar-refractivity contribution in [2.45, 2.75) is 38.7 Å². The van der Waals surface area contributed by atoms with Crippen LogP contribution in [0.2, 0.25) is 0 Å². The second-order valence-electron chi connectivity index (χ2n) is 8.46. The van der Waals surface area contributed by atoms with Gasteiger partial charge in [-0.1, -0.05) is 38.1 Å². The van der Waals surface area contributed by atoms with E-state index in [0.717, 1.165) is 10.9 Å². The molecule has 3 rings (SSSR count). The zero-order chi connectivity index (χ0) is 23.1. The zero-order valence-corrected chi connectivity index (χ0v) is 18.5. The molecule has 2 atom stereocenters. The molecule has 10 heteroatoms. The number of urea groups is 1. The number of pyridine rings is 1. The van der Waals surface area contributed by atoms with Crippen LogP contribution in [-0.4, -0.2) is 77.3 Å². The van der Waals surface area contributed by atoms with Crippen LogP contribution in [0.25, 0.3) is 10.9 Å². The van der Waals surface area contributed by atoms with E-state index in [4.69, 9.17) is 4.74 Å². The Morgan fingerprint density at radius 1 is 1.12 bits per heavy atom. The predicted octanol–water partition coefficient (Wildman–Crippen LogP) is 0.731. The highest BCUT2D eigenvalue weighted by atomic mass is 16.5. The molecule has 9 nitrogen and oxygen atoms in total. The topological polar surface area (TPSA) is 124 Å². The lowest BCUT2D eigenvalue weighted by molar-refractivity contribution is -0.123. The first kappa shape index (κ1) is 24.0. The summed E-state index contributed by atoms with van der Waals surface area (Å²) in [7, 11) is -1.70. The molecule has 0 spiro atoms. The van der Waals surface area contributed by atoms with E-state index in [0.29, 0.717) is 38.4 Å². The summed E-state index contributed by atoms with van der Waals surface area (Å²) in [5.41, 5.74) is 1.45. The van der Waals surface area contributed by atoms with Crippen molar-refractivity contribution in [1.29, 1.82) is 0 Å². The van der Waals surface area contributed by atoms with Crippen molar-refractivity contribution in [3.8, 4) is 0 Å².